The van der Waals surface area contributed by atoms with Crippen molar-refractivity contribution in [1.29, 1.82) is 0 Å². The second kappa shape index (κ2) is 3.66. The first-order valence-corrected chi connectivity index (χ1v) is 5.21. The molecule has 1 rings (SSSR count). The minimum Gasteiger partial charge on any atom is -0.328 e. The predicted octanol–water partition coefficient (Wildman–Crippen LogP) is 2.53. The summed E-state index contributed by atoms with van der Waals surface area (Å²) in [6.45, 7) is 6.30. The van der Waals surface area contributed by atoms with Gasteiger partial charge in [0.1, 0.15) is 0 Å². The lowest BCUT2D eigenvalue weighted by molar-refractivity contribution is 0.187. The van der Waals surface area contributed by atoms with Gasteiger partial charge in [-0.3, -0.25) is 0 Å². The van der Waals surface area contributed by atoms with Crippen molar-refractivity contribution in [3.8, 4) is 0 Å². The lowest BCUT2D eigenvalue weighted by Crippen LogP contribution is -2.13. The third kappa shape index (κ3) is 1.91. The highest BCUT2D eigenvalue weighted by atomic mass is 31.2. The van der Waals surface area contributed by atoms with Crippen LogP contribution in [0.2, 0.25) is 0 Å². The van der Waals surface area contributed by atoms with Gasteiger partial charge in [0.15, 0.2) is 8.38 Å². The van der Waals surface area contributed by atoms with Gasteiger partial charge in [-0.1, -0.05) is 6.92 Å². The van der Waals surface area contributed by atoms with Crippen molar-refractivity contribution in [1.82, 2.24) is 0 Å². The highest BCUT2D eigenvalue weighted by molar-refractivity contribution is 7.47. The van der Waals surface area contributed by atoms with E-state index >= 15 is 0 Å². The SMILES string of the molecule is CCCP1OC(C)C(C)O1. The minimum atomic E-state index is -0.524. The number of rotatable bonds is 2. The first-order chi connectivity index (χ1) is 4.74. The zero-order valence-electron chi connectivity index (χ0n) is 6.83. The smallest absolute Gasteiger partial charge is 0.171 e. The maximum atomic E-state index is 5.56. The molecule has 0 bridgehead atoms. The van der Waals surface area contributed by atoms with Gasteiger partial charge in [-0.25, -0.2) is 0 Å². The van der Waals surface area contributed by atoms with Gasteiger partial charge >= 0.3 is 0 Å². The number of hydrogen-bond acceptors (Lipinski definition) is 2. The van der Waals surface area contributed by atoms with Crippen LogP contribution in [0.1, 0.15) is 27.2 Å². The Balaban J connectivity index is 2.27. The molecule has 2 nitrogen and oxygen atoms in total. The van der Waals surface area contributed by atoms with Gasteiger partial charge in [0.25, 0.3) is 0 Å². The van der Waals surface area contributed by atoms with Gasteiger partial charge in [0.05, 0.1) is 12.2 Å². The van der Waals surface area contributed by atoms with Gasteiger partial charge in [0, 0.05) is 6.16 Å². The number of hydrogen-bond donors (Lipinski definition) is 0. The maximum absolute atomic E-state index is 5.56. The lowest BCUT2D eigenvalue weighted by atomic mass is 10.3. The Hall–Kier alpha value is 0.350. The van der Waals surface area contributed by atoms with Crippen LogP contribution in [0.4, 0.5) is 0 Å². The highest BCUT2D eigenvalue weighted by Crippen LogP contribution is 2.48. The zero-order valence-corrected chi connectivity index (χ0v) is 7.73. The predicted molar refractivity (Wildman–Crippen MR) is 43.2 cm³/mol. The average molecular weight is 162 g/mol. The fraction of sp³-hybridized carbons (Fsp3) is 1.00. The lowest BCUT2D eigenvalue weighted by Gasteiger charge is -2.04. The van der Waals surface area contributed by atoms with E-state index in [-0.39, 0.29) is 0 Å². The summed E-state index contributed by atoms with van der Waals surface area (Å²) in [4.78, 5) is 0. The molecular formula is C7H15O2P. The topological polar surface area (TPSA) is 18.5 Å². The quantitative estimate of drug-likeness (QED) is 0.581. The Morgan fingerprint density at radius 3 is 2.10 bits per heavy atom. The summed E-state index contributed by atoms with van der Waals surface area (Å²) < 4.78 is 11.1. The summed E-state index contributed by atoms with van der Waals surface area (Å²) in [7, 11) is -0.524. The van der Waals surface area contributed by atoms with Gasteiger partial charge in [-0.15, -0.1) is 0 Å². The van der Waals surface area contributed by atoms with Crippen molar-refractivity contribution in [2.45, 2.75) is 39.4 Å². The Bertz CT molecular complexity index is 97.8. The van der Waals surface area contributed by atoms with E-state index in [1.165, 1.54) is 0 Å². The van der Waals surface area contributed by atoms with Crippen molar-refractivity contribution in [3.63, 3.8) is 0 Å². The van der Waals surface area contributed by atoms with Crippen LogP contribution in [0.25, 0.3) is 0 Å². The van der Waals surface area contributed by atoms with Crippen molar-refractivity contribution in [2.75, 3.05) is 6.16 Å². The molecule has 0 aromatic carbocycles. The van der Waals surface area contributed by atoms with Crippen molar-refractivity contribution in [2.24, 2.45) is 0 Å². The third-order valence-corrected chi connectivity index (χ3v) is 3.58. The molecule has 1 aliphatic heterocycles. The summed E-state index contributed by atoms with van der Waals surface area (Å²) in [6, 6.07) is 0. The largest absolute Gasteiger partial charge is 0.328 e. The Morgan fingerprint density at radius 1 is 1.20 bits per heavy atom. The molecule has 0 aliphatic carbocycles. The molecule has 1 aliphatic rings. The summed E-state index contributed by atoms with van der Waals surface area (Å²) in [5.74, 6) is 0. The summed E-state index contributed by atoms with van der Waals surface area (Å²) in [5, 5.41) is 0. The fourth-order valence-corrected chi connectivity index (χ4v) is 2.57. The van der Waals surface area contributed by atoms with Crippen molar-refractivity contribution >= 4 is 8.38 Å². The molecule has 0 amide bonds. The molecule has 0 aromatic rings. The molecule has 1 heterocycles. The van der Waals surface area contributed by atoms with Gasteiger partial charge in [0.2, 0.25) is 0 Å². The molecule has 1 saturated heterocycles. The Morgan fingerprint density at radius 2 is 1.70 bits per heavy atom. The molecule has 2 atom stereocenters. The van der Waals surface area contributed by atoms with Gasteiger partial charge < -0.3 is 9.05 Å². The third-order valence-electron chi connectivity index (χ3n) is 1.63. The van der Waals surface area contributed by atoms with Crippen LogP contribution in [-0.4, -0.2) is 18.4 Å². The fourth-order valence-electron chi connectivity index (χ4n) is 0.855. The standard InChI is InChI=1S/C7H15O2P/c1-4-5-10-8-6(2)7(3)9-10/h6-7H,4-5H2,1-3H3. The van der Waals surface area contributed by atoms with E-state index in [4.69, 9.17) is 9.05 Å². The van der Waals surface area contributed by atoms with Crippen LogP contribution in [0.5, 0.6) is 0 Å². The molecule has 1 fully saturated rings. The van der Waals surface area contributed by atoms with E-state index in [1.807, 2.05) is 0 Å². The minimum absolute atomic E-state index is 0.303. The second-order valence-electron chi connectivity index (χ2n) is 2.68. The van der Waals surface area contributed by atoms with Crippen LogP contribution >= 0.6 is 8.38 Å². The molecule has 0 saturated carbocycles. The Labute approximate surface area is 63.8 Å². The normalized spacial score (nSPS) is 40.5. The summed E-state index contributed by atoms with van der Waals surface area (Å²) >= 11 is 0. The van der Waals surface area contributed by atoms with E-state index in [0.717, 1.165) is 12.6 Å². The van der Waals surface area contributed by atoms with Crippen LogP contribution in [0, 0.1) is 0 Å². The molecular weight excluding hydrogens is 147 g/mol. The van der Waals surface area contributed by atoms with Crippen LogP contribution in [-0.2, 0) is 9.05 Å². The van der Waals surface area contributed by atoms with E-state index in [0.29, 0.717) is 12.2 Å². The van der Waals surface area contributed by atoms with Crippen molar-refractivity contribution < 1.29 is 9.05 Å². The molecule has 60 valence electrons. The molecule has 2 unspecified atom stereocenters. The first kappa shape index (κ1) is 8.45. The van der Waals surface area contributed by atoms with Crippen molar-refractivity contribution in [3.05, 3.63) is 0 Å². The Kier molecular flexibility index (Phi) is 3.09. The first-order valence-electron chi connectivity index (χ1n) is 3.85. The molecule has 0 spiro atoms. The van der Waals surface area contributed by atoms with Crippen LogP contribution in [0.15, 0.2) is 0 Å². The molecule has 3 heteroatoms. The average Bonchev–Trinajstić information content (AvgIpc) is 2.14. The van der Waals surface area contributed by atoms with Crippen LogP contribution < -0.4 is 0 Å². The summed E-state index contributed by atoms with van der Waals surface area (Å²) in [5.41, 5.74) is 0. The maximum Gasteiger partial charge on any atom is 0.171 e. The molecule has 0 N–H and O–H groups in total. The van der Waals surface area contributed by atoms with E-state index in [2.05, 4.69) is 20.8 Å². The second-order valence-corrected chi connectivity index (χ2v) is 4.21. The van der Waals surface area contributed by atoms with E-state index in [1.54, 1.807) is 0 Å². The molecule has 10 heavy (non-hydrogen) atoms. The monoisotopic (exact) mass is 162 g/mol. The molecule has 0 radical (unpaired) electrons. The van der Waals surface area contributed by atoms with Gasteiger partial charge in [-0.05, 0) is 20.3 Å². The van der Waals surface area contributed by atoms with E-state index < -0.39 is 8.38 Å². The zero-order chi connectivity index (χ0) is 7.56. The highest BCUT2D eigenvalue weighted by Gasteiger charge is 2.29. The van der Waals surface area contributed by atoms with E-state index in [9.17, 15) is 0 Å². The van der Waals surface area contributed by atoms with Crippen LogP contribution in [0.3, 0.4) is 0 Å². The molecule has 0 aromatic heterocycles. The summed E-state index contributed by atoms with van der Waals surface area (Å²) in [6.07, 6.45) is 2.85. The van der Waals surface area contributed by atoms with Gasteiger partial charge in [-0.2, -0.15) is 0 Å².